The van der Waals surface area contributed by atoms with Crippen molar-refractivity contribution in [2.45, 2.75) is 0 Å². The smallest absolute Gasteiger partial charge is 0.272 e. The molecule has 0 aliphatic carbocycles. The SMILES string of the molecule is O=C(N/N=C\c1cn[nH]c1-c1ccccc1)c1ccc(Cl)cc1Cl. The van der Waals surface area contributed by atoms with Crippen LogP contribution in [0.15, 0.2) is 59.8 Å². The Morgan fingerprint density at radius 3 is 2.71 bits per heavy atom. The molecule has 24 heavy (non-hydrogen) atoms. The molecular weight excluding hydrogens is 347 g/mol. The number of hydrazone groups is 1. The molecule has 0 unspecified atom stereocenters. The lowest BCUT2D eigenvalue weighted by Crippen LogP contribution is -2.18. The molecule has 3 aromatic rings. The second-order valence-corrected chi connectivity index (χ2v) is 5.73. The highest BCUT2D eigenvalue weighted by atomic mass is 35.5. The van der Waals surface area contributed by atoms with Crippen LogP contribution in [-0.2, 0) is 0 Å². The number of rotatable bonds is 4. The third-order valence-corrected chi connectivity index (χ3v) is 3.82. The lowest BCUT2D eigenvalue weighted by atomic mass is 10.1. The number of nitrogens with one attached hydrogen (secondary N) is 2. The maximum absolute atomic E-state index is 12.1. The first-order chi connectivity index (χ1) is 11.6. The maximum Gasteiger partial charge on any atom is 0.272 e. The number of hydrogen-bond acceptors (Lipinski definition) is 3. The van der Waals surface area contributed by atoms with Gasteiger partial charge in [0.15, 0.2) is 0 Å². The van der Waals surface area contributed by atoms with Gasteiger partial charge in [-0.1, -0.05) is 53.5 Å². The number of nitrogens with zero attached hydrogens (tertiary/aromatic N) is 2. The number of carbonyl (C=O) groups excluding carboxylic acids is 1. The van der Waals surface area contributed by atoms with E-state index in [1.54, 1.807) is 18.3 Å². The van der Waals surface area contributed by atoms with Gasteiger partial charge in [0.1, 0.15) is 0 Å². The topological polar surface area (TPSA) is 70.1 Å². The van der Waals surface area contributed by atoms with E-state index in [0.29, 0.717) is 10.6 Å². The predicted molar refractivity (Wildman–Crippen MR) is 95.5 cm³/mol. The van der Waals surface area contributed by atoms with E-state index in [4.69, 9.17) is 23.2 Å². The molecular formula is C17H12Cl2N4O. The van der Waals surface area contributed by atoms with Gasteiger partial charge in [-0.15, -0.1) is 0 Å². The molecule has 2 N–H and O–H groups in total. The third-order valence-electron chi connectivity index (χ3n) is 3.28. The van der Waals surface area contributed by atoms with Gasteiger partial charge >= 0.3 is 0 Å². The van der Waals surface area contributed by atoms with E-state index in [1.807, 2.05) is 30.3 Å². The molecule has 120 valence electrons. The molecule has 1 aromatic heterocycles. The lowest BCUT2D eigenvalue weighted by Gasteiger charge is -2.03. The van der Waals surface area contributed by atoms with Crippen LogP contribution in [0.25, 0.3) is 11.3 Å². The first-order valence-corrected chi connectivity index (χ1v) is 7.78. The van der Waals surface area contributed by atoms with E-state index in [9.17, 15) is 4.79 Å². The molecule has 0 saturated carbocycles. The molecule has 2 aromatic carbocycles. The summed E-state index contributed by atoms with van der Waals surface area (Å²) in [5.41, 5.74) is 5.28. The van der Waals surface area contributed by atoms with Crippen molar-refractivity contribution in [1.82, 2.24) is 15.6 Å². The van der Waals surface area contributed by atoms with Crippen LogP contribution in [0.2, 0.25) is 10.0 Å². The Bertz CT molecular complexity index is 891. The average Bonchev–Trinajstić information content (AvgIpc) is 3.04. The van der Waals surface area contributed by atoms with E-state index in [-0.39, 0.29) is 5.02 Å². The molecule has 0 spiro atoms. The summed E-state index contributed by atoms with van der Waals surface area (Å²) < 4.78 is 0. The third kappa shape index (κ3) is 3.64. The van der Waals surface area contributed by atoms with Crippen LogP contribution in [-0.4, -0.2) is 22.3 Å². The molecule has 1 amide bonds. The average molecular weight is 359 g/mol. The fourth-order valence-corrected chi connectivity index (χ4v) is 2.62. The van der Waals surface area contributed by atoms with Crippen LogP contribution in [0, 0.1) is 0 Å². The van der Waals surface area contributed by atoms with Crippen molar-refractivity contribution in [2.75, 3.05) is 0 Å². The fraction of sp³-hybridized carbons (Fsp3) is 0. The Labute approximate surface area is 148 Å². The summed E-state index contributed by atoms with van der Waals surface area (Å²) in [5, 5.41) is 11.6. The van der Waals surface area contributed by atoms with Gasteiger partial charge in [0.05, 0.1) is 28.7 Å². The van der Waals surface area contributed by atoms with Gasteiger partial charge in [-0.25, -0.2) is 5.43 Å². The van der Waals surface area contributed by atoms with E-state index in [0.717, 1.165) is 16.8 Å². The molecule has 5 nitrogen and oxygen atoms in total. The molecule has 0 fully saturated rings. The molecule has 0 bridgehead atoms. The predicted octanol–water partition coefficient (Wildman–Crippen LogP) is 4.15. The van der Waals surface area contributed by atoms with Gasteiger partial charge in [0.25, 0.3) is 5.91 Å². The molecule has 3 rings (SSSR count). The molecule has 0 aliphatic rings. The van der Waals surface area contributed by atoms with Gasteiger partial charge in [0.2, 0.25) is 0 Å². The van der Waals surface area contributed by atoms with Crippen molar-refractivity contribution in [1.29, 1.82) is 0 Å². The minimum absolute atomic E-state index is 0.267. The van der Waals surface area contributed by atoms with Crippen molar-refractivity contribution >= 4 is 35.3 Å². The van der Waals surface area contributed by atoms with Crippen molar-refractivity contribution in [2.24, 2.45) is 5.10 Å². The lowest BCUT2D eigenvalue weighted by molar-refractivity contribution is 0.0955. The molecule has 0 saturated heterocycles. The van der Waals surface area contributed by atoms with Crippen LogP contribution in [0.3, 0.4) is 0 Å². The standard InChI is InChI=1S/C17H12Cl2N4O/c18-13-6-7-14(15(19)8-13)17(24)23-21-10-12-9-20-22-16(12)11-4-2-1-3-5-11/h1-10H,(H,20,22)(H,23,24)/b21-10-. The highest BCUT2D eigenvalue weighted by Crippen LogP contribution is 2.21. The van der Waals surface area contributed by atoms with Gasteiger partial charge in [0, 0.05) is 16.1 Å². The van der Waals surface area contributed by atoms with Crippen molar-refractivity contribution < 1.29 is 4.79 Å². The Balaban J connectivity index is 1.74. The summed E-state index contributed by atoms with van der Waals surface area (Å²) >= 11 is 11.8. The number of aromatic nitrogens is 2. The number of aromatic amines is 1. The Kier molecular flexibility index (Phi) is 4.93. The number of benzene rings is 2. The first kappa shape index (κ1) is 16.2. The number of hydrogen-bond donors (Lipinski definition) is 2. The van der Waals surface area contributed by atoms with Crippen molar-refractivity contribution in [3.8, 4) is 11.3 Å². The maximum atomic E-state index is 12.1. The fourth-order valence-electron chi connectivity index (χ4n) is 2.12. The minimum Gasteiger partial charge on any atom is -0.277 e. The van der Waals surface area contributed by atoms with Crippen molar-refractivity contribution in [3.05, 3.63) is 75.9 Å². The normalized spacial score (nSPS) is 10.9. The zero-order chi connectivity index (χ0) is 16.9. The largest absolute Gasteiger partial charge is 0.277 e. The van der Waals surface area contributed by atoms with E-state index in [1.165, 1.54) is 12.3 Å². The second kappa shape index (κ2) is 7.29. The summed E-state index contributed by atoms with van der Waals surface area (Å²) in [6, 6.07) is 14.4. The quantitative estimate of drug-likeness (QED) is 0.543. The van der Waals surface area contributed by atoms with Gasteiger partial charge in [-0.2, -0.15) is 10.2 Å². The number of amides is 1. The molecule has 0 atom stereocenters. The summed E-state index contributed by atoms with van der Waals surface area (Å²) in [4.78, 5) is 12.1. The van der Waals surface area contributed by atoms with Crippen LogP contribution in [0.1, 0.15) is 15.9 Å². The zero-order valence-corrected chi connectivity index (χ0v) is 13.8. The monoisotopic (exact) mass is 358 g/mol. The minimum atomic E-state index is -0.419. The summed E-state index contributed by atoms with van der Waals surface area (Å²) in [6.07, 6.45) is 3.15. The van der Waals surface area contributed by atoms with E-state index >= 15 is 0 Å². The molecule has 1 heterocycles. The van der Waals surface area contributed by atoms with Crippen LogP contribution < -0.4 is 5.43 Å². The molecule has 0 radical (unpaired) electrons. The summed E-state index contributed by atoms with van der Waals surface area (Å²) in [6.45, 7) is 0. The van der Waals surface area contributed by atoms with E-state index in [2.05, 4.69) is 20.7 Å². The van der Waals surface area contributed by atoms with Crippen LogP contribution in [0.5, 0.6) is 0 Å². The highest BCUT2D eigenvalue weighted by molar-refractivity contribution is 6.36. The summed E-state index contributed by atoms with van der Waals surface area (Å²) in [5.74, 6) is -0.419. The van der Waals surface area contributed by atoms with E-state index < -0.39 is 5.91 Å². The molecule has 0 aliphatic heterocycles. The number of H-pyrrole nitrogens is 1. The molecule has 7 heteroatoms. The van der Waals surface area contributed by atoms with Crippen LogP contribution >= 0.6 is 23.2 Å². The Morgan fingerprint density at radius 2 is 1.96 bits per heavy atom. The van der Waals surface area contributed by atoms with Crippen molar-refractivity contribution in [3.63, 3.8) is 0 Å². The number of halogens is 2. The van der Waals surface area contributed by atoms with Gasteiger partial charge in [-0.05, 0) is 18.2 Å². The van der Waals surface area contributed by atoms with Crippen LogP contribution in [0.4, 0.5) is 0 Å². The van der Waals surface area contributed by atoms with Gasteiger partial charge < -0.3 is 0 Å². The second-order valence-electron chi connectivity index (χ2n) is 4.89. The first-order valence-electron chi connectivity index (χ1n) is 7.02. The number of carbonyl (C=O) groups is 1. The summed E-state index contributed by atoms with van der Waals surface area (Å²) in [7, 11) is 0. The zero-order valence-electron chi connectivity index (χ0n) is 12.3. The highest BCUT2D eigenvalue weighted by Gasteiger charge is 2.10. The Morgan fingerprint density at radius 1 is 1.17 bits per heavy atom. The van der Waals surface area contributed by atoms with Gasteiger partial charge in [-0.3, -0.25) is 9.89 Å². The Hall–Kier alpha value is -2.63.